The second kappa shape index (κ2) is 5.51. The van der Waals surface area contributed by atoms with E-state index in [9.17, 15) is 0 Å². The molecule has 1 aromatic heterocycles. The SMILES string of the molecule is CNC(c1cncc(Br)c1)C1CCOC2(CCC2)C1. The summed E-state index contributed by atoms with van der Waals surface area (Å²) >= 11 is 3.52. The second-order valence-corrected chi connectivity index (χ2v) is 6.76. The first kappa shape index (κ1) is 13.5. The number of hydrogen-bond acceptors (Lipinski definition) is 3. The Morgan fingerprint density at radius 1 is 1.47 bits per heavy atom. The van der Waals surface area contributed by atoms with Crippen molar-refractivity contribution in [1.29, 1.82) is 0 Å². The molecule has 1 N–H and O–H groups in total. The molecule has 104 valence electrons. The van der Waals surface area contributed by atoms with Gasteiger partial charge in [-0.25, -0.2) is 0 Å². The van der Waals surface area contributed by atoms with Crippen molar-refractivity contribution in [2.45, 2.75) is 43.7 Å². The smallest absolute Gasteiger partial charge is 0.0686 e. The Bertz CT molecular complexity index is 448. The lowest BCUT2D eigenvalue weighted by molar-refractivity contribution is -0.147. The van der Waals surface area contributed by atoms with Crippen molar-refractivity contribution in [2.24, 2.45) is 5.92 Å². The Labute approximate surface area is 123 Å². The Balaban J connectivity index is 1.78. The highest BCUT2D eigenvalue weighted by molar-refractivity contribution is 9.10. The van der Waals surface area contributed by atoms with Crippen molar-refractivity contribution in [3.05, 3.63) is 28.5 Å². The zero-order valence-electron chi connectivity index (χ0n) is 11.4. The molecular formula is C15H21BrN2O. The molecule has 1 aliphatic heterocycles. The number of pyridine rings is 1. The van der Waals surface area contributed by atoms with E-state index in [1.807, 2.05) is 12.4 Å². The van der Waals surface area contributed by atoms with Crippen LogP contribution < -0.4 is 5.32 Å². The molecule has 0 bridgehead atoms. The van der Waals surface area contributed by atoms with Crippen LogP contribution in [0.4, 0.5) is 0 Å². The minimum atomic E-state index is 0.206. The molecule has 2 aliphatic rings. The van der Waals surface area contributed by atoms with Crippen molar-refractivity contribution in [3.8, 4) is 0 Å². The van der Waals surface area contributed by atoms with E-state index in [1.54, 1.807) is 0 Å². The summed E-state index contributed by atoms with van der Waals surface area (Å²) in [4.78, 5) is 4.30. The predicted molar refractivity (Wildman–Crippen MR) is 79.0 cm³/mol. The summed E-state index contributed by atoms with van der Waals surface area (Å²) in [6, 6.07) is 2.56. The molecule has 2 fully saturated rings. The van der Waals surface area contributed by atoms with Crippen LogP contribution in [0.1, 0.15) is 43.7 Å². The molecule has 3 nitrogen and oxygen atoms in total. The standard InChI is InChI=1S/C15H21BrN2O/c1-17-14(12-7-13(16)10-18-9-12)11-3-6-19-15(8-11)4-2-5-15/h7,9-11,14,17H,2-6,8H2,1H3. The molecule has 0 amide bonds. The molecule has 0 aromatic carbocycles. The maximum atomic E-state index is 6.03. The number of nitrogens with zero attached hydrogens (tertiary/aromatic N) is 1. The van der Waals surface area contributed by atoms with Crippen LogP contribution in [0.3, 0.4) is 0 Å². The van der Waals surface area contributed by atoms with Gasteiger partial charge in [-0.15, -0.1) is 0 Å². The van der Waals surface area contributed by atoms with E-state index in [2.05, 4.69) is 39.3 Å². The number of aromatic nitrogens is 1. The number of ether oxygens (including phenoxy) is 1. The molecule has 1 aliphatic carbocycles. The van der Waals surface area contributed by atoms with Crippen molar-refractivity contribution in [3.63, 3.8) is 0 Å². The molecule has 1 spiro atoms. The summed E-state index contributed by atoms with van der Waals surface area (Å²) in [5.74, 6) is 0.648. The van der Waals surface area contributed by atoms with Crippen LogP contribution in [0.25, 0.3) is 0 Å². The van der Waals surface area contributed by atoms with Crippen molar-refractivity contribution in [2.75, 3.05) is 13.7 Å². The van der Waals surface area contributed by atoms with Gasteiger partial charge in [0.25, 0.3) is 0 Å². The zero-order chi connectivity index (χ0) is 13.3. The minimum Gasteiger partial charge on any atom is -0.375 e. The third-order valence-corrected chi connectivity index (χ3v) is 5.10. The van der Waals surface area contributed by atoms with E-state index >= 15 is 0 Å². The molecule has 2 heterocycles. The lowest BCUT2D eigenvalue weighted by Crippen LogP contribution is -2.47. The number of hydrogen-bond donors (Lipinski definition) is 1. The van der Waals surface area contributed by atoms with Gasteiger partial charge in [-0.3, -0.25) is 4.98 Å². The molecule has 0 radical (unpaired) electrons. The van der Waals surface area contributed by atoms with E-state index in [-0.39, 0.29) is 5.60 Å². The van der Waals surface area contributed by atoms with Gasteiger partial charge >= 0.3 is 0 Å². The highest BCUT2D eigenvalue weighted by Crippen LogP contribution is 2.47. The van der Waals surface area contributed by atoms with E-state index in [0.29, 0.717) is 12.0 Å². The lowest BCUT2D eigenvalue weighted by atomic mass is 9.70. The van der Waals surface area contributed by atoms with Gasteiger partial charge < -0.3 is 10.1 Å². The fourth-order valence-electron chi connectivity index (χ4n) is 3.54. The van der Waals surface area contributed by atoms with Crippen LogP contribution in [-0.4, -0.2) is 24.2 Å². The number of nitrogens with one attached hydrogen (secondary N) is 1. The average Bonchev–Trinajstić information content (AvgIpc) is 2.38. The monoisotopic (exact) mass is 324 g/mol. The predicted octanol–water partition coefficient (Wildman–Crippen LogP) is 3.45. The Hall–Kier alpha value is -0.450. The topological polar surface area (TPSA) is 34.2 Å². The minimum absolute atomic E-state index is 0.206. The van der Waals surface area contributed by atoms with Gasteiger partial charge in [0.05, 0.1) is 5.60 Å². The molecule has 1 saturated carbocycles. The fraction of sp³-hybridized carbons (Fsp3) is 0.667. The highest BCUT2D eigenvalue weighted by Gasteiger charge is 2.44. The van der Waals surface area contributed by atoms with Gasteiger partial charge in [0, 0.05) is 29.5 Å². The molecule has 2 unspecified atom stereocenters. The average molecular weight is 325 g/mol. The number of rotatable bonds is 3. The van der Waals surface area contributed by atoms with E-state index in [1.165, 1.54) is 31.2 Å². The van der Waals surface area contributed by atoms with E-state index in [0.717, 1.165) is 17.5 Å². The zero-order valence-corrected chi connectivity index (χ0v) is 12.9. The Morgan fingerprint density at radius 2 is 2.32 bits per heavy atom. The molecule has 19 heavy (non-hydrogen) atoms. The molecule has 1 aromatic rings. The van der Waals surface area contributed by atoms with Crippen LogP contribution in [0, 0.1) is 5.92 Å². The first-order chi connectivity index (χ1) is 9.22. The third-order valence-electron chi connectivity index (χ3n) is 4.66. The number of halogens is 1. The first-order valence-electron chi connectivity index (χ1n) is 7.14. The van der Waals surface area contributed by atoms with Crippen molar-refractivity contribution >= 4 is 15.9 Å². The molecule has 1 saturated heterocycles. The summed E-state index contributed by atoms with van der Waals surface area (Å²) in [5, 5.41) is 3.48. The summed E-state index contributed by atoms with van der Waals surface area (Å²) in [5.41, 5.74) is 1.48. The van der Waals surface area contributed by atoms with E-state index in [4.69, 9.17) is 4.74 Å². The maximum absolute atomic E-state index is 6.03. The van der Waals surface area contributed by atoms with Gasteiger partial charge in [-0.2, -0.15) is 0 Å². The summed E-state index contributed by atoms with van der Waals surface area (Å²) in [6.07, 6.45) is 9.97. The lowest BCUT2D eigenvalue weighted by Gasteiger charge is -2.48. The molecule has 2 atom stereocenters. The quantitative estimate of drug-likeness (QED) is 0.924. The van der Waals surface area contributed by atoms with Gasteiger partial charge in [0.1, 0.15) is 0 Å². The first-order valence-corrected chi connectivity index (χ1v) is 7.93. The van der Waals surface area contributed by atoms with Crippen LogP contribution in [0.15, 0.2) is 22.9 Å². The van der Waals surface area contributed by atoms with Crippen LogP contribution in [0.2, 0.25) is 0 Å². The van der Waals surface area contributed by atoms with Gasteiger partial charge in [-0.05, 0) is 72.6 Å². The molecule has 3 rings (SSSR count). The van der Waals surface area contributed by atoms with Crippen LogP contribution in [0.5, 0.6) is 0 Å². The van der Waals surface area contributed by atoms with Crippen molar-refractivity contribution < 1.29 is 4.74 Å². The summed E-state index contributed by atoms with van der Waals surface area (Å²) < 4.78 is 7.08. The van der Waals surface area contributed by atoms with E-state index < -0.39 is 0 Å². The van der Waals surface area contributed by atoms with Gasteiger partial charge in [0.2, 0.25) is 0 Å². The summed E-state index contributed by atoms with van der Waals surface area (Å²) in [7, 11) is 2.05. The largest absolute Gasteiger partial charge is 0.375 e. The third kappa shape index (κ3) is 2.71. The van der Waals surface area contributed by atoms with Crippen LogP contribution >= 0.6 is 15.9 Å². The molecular weight excluding hydrogens is 304 g/mol. The fourth-order valence-corrected chi connectivity index (χ4v) is 3.93. The normalized spacial score (nSPS) is 26.9. The summed E-state index contributed by atoms with van der Waals surface area (Å²) in [6.45, 7) is 0.907. The van der Waals surface area contributed by atoms with Crippen molar-refractivity contribution in [1.82, 2.24) is 10.3 Å². The molecule has 4 heteroatoms. The maximum Gasteiger partial charge on any atom is 0.0686 e. The van der Waals surface area contributed by atoms with Crippen LogP contribution in [-0.2, 0) is 4.74 Å². The van der Waals surface area contributed by atoms with Gasteiger partial charge in [-0.1, -0.05) is 0 Å². The van der Waals surface area contributed by atoms with Gasteiger partial charge in [0.15, 0.2) is 0 Å². The second-order valence-electron chi connectivity index (χ2n) is 5.84. The highest BCUT2D eigenvalue weighted by atomic mass is 79.9. The Morgan fingerprint density at radius 3 is 2.95 bits per heavy atom. The Kier molecular flexibility index (Phi) is 3.92.